The first-order chi connectivity index (χ1) is 20.1. The number of sulfonamides is 1. The van der Waals surface area contributed by atoms with Crippen LogP contribution >= 0.6 is 11.6 Å². The first-order valence-corrected chi connectivity index (χ1v) is 16.8. The topological polar surface area (TPSA) is 103 Å². The van der Waals surface area contributed by atoms with Crippen molar-refractivity contribution in [2.75, 3.05) is 49.0 Å². The molecule has 14 heteroatoms. The van der Waals surface area contributed by atoms with E-state index in [9.17, 15) is 22.0 Å². The van der Waals surface area contributed by atoms with E-state index in [-0.39, 0.29) is 29.4 Å². The predicted molar refractivity (Wildman–Crippen MR) is 157 cm³/mol. The van der Waals surface area contributed by atoms with Crippen LogP contribution in [0.15, 0.2) is 36.2 Å². The molecular formula is C28H36ClF2N7O3S. The van der Waals surface area contributed by atoms with Crippen molar-refractivity contribution < 1.29 is 22.0 Å². The number of hydrogen-bond donors (Lipinski definition) is 2. The van der Waals surface area contributed by atoms with Crippen LogP contribution in [0, 0.1) is 5.92 Å². The number of alkyl halides is 2. The highest BCUT2D eigenvalue weighted by Gasteiger charge is 2.38. The summed E-state index contributed by atoms with van der Waals surface area (Å²) in [6.07, 6.45) is 5.13. The Balaban J connectivity index is 1.33. The number of carbonyl (C=O) groups is 1. The fraction of sp³-hybridized carbons (Fsp3) is 0.571. The van der Waals surface area contributed by atoms with E-state index in [1.807, 2.05) is 10.7 Å². The quantitative estimate of drug-likeness (QED) is 0.460. The van der Waals surface area contributed by atoms with Crippen LogP contribution in [0.5, 0.6) is 0 Å². The molecule has 2 aromatic rings. The highest BCUT2D eigenvalue weighted by molar-refractivity contribution is 7.92. The molecule has 0 radical (unpaired) electrons. The Morgan fingerprint density at radius 3 is 2.62 bits per heavy atom. The molecular weight excluding hydrogens is 588 g/mol. The van der Waals surface area contributed by atoms with E-state index in [4.69, 9.17) is 16.7 Å². The summed E-state index contributed by atoms with van der Waals surface area (Å²) in [6, 6.07) is 6.13. The summed E-state index contributed by atoms with van der Waals surface area (Å²) in [4.78, 5) is 20.0. The van der Waals surface area contributed by atoms with Crippen LogP contribution in [0.3, 0.4) is 0 Å². The van der Waals surface area contributed by atoms with E-state index in [1.54, 1.807) is 4.90 Å². The standard InChI is InChI=1S/C28H36ClF2N7O3S/c1-42(40,41)34-21-9-8-19(29)14-20(21)28(39)37-13-3-2-7-23(37)22-15-25-32-24(35-11-5-12-35)16-26(38(25)33-22)36-10-4-6-18(17-36)27(30)31/h8-9,14-16,18,23,26-27,32,34H,2-7,10-13,17H2,1H3/t18-,23+,26?/m1/s1. The van der Waals surface area contributed by atoms with Gasteiger partial charge in [-0.05, 0) is 62.8 Å². The van der Waals surface area contributed by atoms with Crippen LogP contribution < -0.4 is 10.0 Å². The Bertz CT molecular complexity index is 1480. The Morgan fingerprint density at radius 1 is 1.10 bits per heavy atom. The molecule has 3 atom stereocenters. The summed E-state index contributed by atoms with van der Waals surface area (Å²) in [6.45, 7) is 3.33. The molecule has 2 N–H and O–H groups in total. The van der Waals surface area contributed by atoms with Crippen LogP contribution in [0.25, 0.3) is 0 Å². The van der Waals surface area contributed by atoms with Crippen molar-refractivity contribution >= 4 is 39.0 Å². The third-order valence-corrected chi connectivity index (χ3v) is 9.42. The number of halogens is 3. The van der Waals surface area contributed by atoms with Gasteiger partial charge in [0.15, 0.2) is 0 Å². The second-order valence-electron chi connectivity index (χ2n) is 11.6. The fourth-order valence-electron chi connectivity index (χ4n) is 6.36. The molecule has 4 aliphatic rings. The summed E-state index contributed by atoms with van der Waals surface area (Å²) >= 11 is 6.24. The Labute approximate surface area is 249 Å². The van der Waals surface area contributed by atoms with Crippen LogP contribution in [0.1, 0.15) is 66.8 Å². The zero-order valence-corrected chi connectivity index (χ0v) is 25.0. The summed E-state index contributed by atoms with van der Waals surface area (Å²) in [5.74, 6) is 0.709. The van der Waals surface area contributed by atoms with Crippen molar-refractivity contribution in [1.82, 2.24) is 24.5 Å². The van der Waals surface area contributed by atoms with E-state index in [0.717, 1.165) is 50.2 Å². The molecule has 1 aromatic heterocycles. The number of amides is 1. The number of nitrogens with one attached hydrogen (secondary N) is 2. The maximum absolute atomic E-state index is 14.0. The van der Waals surface area contributed by atoms with Crippen molar-refractivity contribution in [1.29, 1.82) is 0 Å². The van der Waals surface area contributed by atoms with Gasteiger partial charge in [-0.2, -0.15) is 5.10 Å². The molecule has 3 fully saturated rings. The summed E-state index contributed by atoms with van der Waals surface area (Å²) in [5, 5.41) is 8.81. The average Bonchev–Trinajstić information content (AvgIpc) is 3.36. The smallest absolute Gasteiger partial charge is 0.256 e. The van der Waals surface area contributed by atoms with Crippen molar-refractivity contribution in [2.45, 2.75) is 57.2 Å². The lowest BCUT2D eigenvalue weighted by Crippen LogP contribution is -2.46. The minimum Gasteiger partial charge on any atom is -0.358 e. The number of anilines is 2. The van der Waals surface area contributed by atoms with Crippen molar-refractivity contribution in [2.24, 2.45) is 5.92 Å². The molecule has 0 bridgehead atoms. The van der Waals surface area contributed by atoms with Crippen molar-refractivity contribution in [3.05, 3.63) is 52.4 Å². The summed E-state index contributed by atoms with van der Waals surface area (Å²) in [7, 11) is -3.63. The van der Waals surface area contributed by atoms with Gasteiger partial charge in [-0.1, -0.05) is 11.6 Å². The molecule has 4 aliphatic heterocycles. The second-order valence-corrected chi connectivity index (χ2v) is 13.8. The Morgan fingerprint density at radius 2 is 1.90 bits per heavy atom. The average molecular weight is 624 g/mol. The molecule has 0 saturated carbocycles. The molecule has 228 valence electrons. The highest BCUT2D eigenvalue weighted by atomic mass is 35.5. The minimum atomic E-state index is -3.63. The number of benzene rings is 1. The number of aromatic nitrogens is 2. The van der Waals surface area contributed by atoms with E-state index < -0.39 is 22.4 Å². The van der Waals surface area contributed by atoms with Crippen molar-refractivity contribution in [3.63, 3.8) is 0 Å². The Kier molecular flexibility index (Phi) is 8.09. The van der Waals surface area contributed by atoms with Gasteiger partial charge in [-0.3, -0.25) is 14.4 Å². The molecule has 10 nitrogen and oxygen atoms in total. The van der Waals surface area contributed by atoms with Gasteiger partial charge in [0.05, 0.1) is 29.2 Å². The monoisotopic (exact) mass is 623 g/mol. The lowest BCUT2D eigenvalue weighted by Gasteiger charge is -2.42. The van der Waals surface area contributed by atoms with Crippen LogP contribution in [-0.4, -0.2) is 84.2 Å². The third-order valence-electron chi connectivity index (χ3n) is 8.60. The summed E-state index contributed by atoms with van der Waals surface area (Å²) < 4.78 is 55.7. The zero-order chi connectivity index (χ0) is 29.6. The van der Waals surface area contributed by atoms with Gasteiger partial charge in [0.25, 0.3) is 5.91 Å². The normalized spacial score (nSPS) is 25.0. The number of piperidine rings is 2. The van der Waals surface area contributed by atoms with E-state index >= 15 is 0 Å². The lowest BCUT2D eigenvalue weighted by atomic mass is 9.97. The number of rotatable bonds is 7. The third kappa shape index (κ3) is 5.96. The van der Waals surface area contributed by atoms with Gasteiger partial charge >= 0.3 is 0 Å². The summed E-state index contributed by atoms with van der Waals surface area (Å²) in [5.41, 5.74) is 1.05. The SMILES string of the molecule is CS(=O)(=O)Nc1ccc(Cl)cc1C(=O)N1CCCC[C@H]1c1cc2n(n1)C(N1CCC[C@@H](C(F)F)C1)C=C(N1CCC1)N2. The molecule has 0 aliphatic carbocycles. The number of nitrogens with zero attached hydrogens (tertiary/aromatic N) is 5. The molecule has 1 aromatic carbocycles. The zero-order valence-electron chi connectivity index (χ0n) is 23.5. The number of carbonyl (C=O) groups excluding carboxylic acids is 1. The lowest BCUT2D eigenvalue weighted by molar-refractivity contribution is 0.00713. The highest BCUT2D eigenvalue weighted by Crippen LogP contribution is 2.39. The minimum absolute atomic E-state index is 0.171. The molecule has 1 amide bonds. The molecule has 3 saturated heterocycles. The van der Waals surface area contributed by atoms with E-state index in [0.29, 0.717) is 49.6 Å². The first kappa shape index (κ1) is 29.2. The number of likely N-dealkylation sites (tertiary alicyclic amines) is 3. The van der Waals surface area contributed by atoms with Gasteiger partial charge in [-0.25, -0.2) is 21.9 Å². The largest absolute Gasteiger partial charge is 0.358 e. The van der Waals surface area contributed by atoms with Crippen LogP contribution in [0.4, 0.5) is 20.3 Å². The molecule has 6 rings (SSSR count). The Hall–Kier alpha value is -2.90. The van der Waals surface area contributed by atoms with Gasteiger partial charge in [0, 0.05) is 49.7 Å². The van der Waals surface area contributed by atoms with Crippen LogP contribution in [-0.2, 0) is 10.0 Å². The van der Waals surface area contributed by atoms with Crippen LogP contribution in [0.2, 0.25) is 5.02 Å². The maximum Gasteiger partial charge on any atom is 0.256 e. The predicted octanol–water partition coefficient (Wildman–Crippen LogP) is 4.72. The second kappa shape index (κ2) is 11.6. The van der Waals surface area contributed by atoms with E-state index in [2.05, 4.69) is 25.9 Å². The maximum atomic E-state index is 14.0. The molecule has 1 unspecified atom stereocenters. The molecule has 5 heterocycles. The van der Waals surface area contributed by atoms with Gasteiger partial charge in [0.2, 0.25) is 16.4 Å². The van der Waals surface area contributed by atoms with Gasteiger partial charge in [-0.15, -0.1) is 0 Å². The number of hydrogen-bond acceptors (Lipinski definition) is 7. The molecule has 0 spiro atoms. The van der Waals surface area contributed by atoms with Gasteiger partial charge < -0.3 is 15.1 Å². The van der Waals surface area contributed by atoms with E-state index in [1.165, 1.54) is 18.2 Å². The first-order valence-electron chi connectivity index (χ1n) is 14.5. The van der Waals surface area contributed by atoms with Gasteiger partial charge in [0.1, 0.15) is 17.8 Å². The van der Waals surface area contributed by atoms with Crippen molar-refractivity contribution in [3.8, 4) is 0 Å². The number of fused-ring (bicyclic) bond motifs is 1. The fourth-order valence-corrected chi connectivity index (χ4v) is 7.11. The molecule has 42 heavy (non-hydrogen) atoms.